The van der Waals surface area contributed by atoms with Crippen LogP contribution < -0.4 is 10.6 Å². The second-order valence-corrected chi connectivity index (χ2v) is 5.43. The summed E-state index contributed by atoms with van der Waals surface area (Å²) in [4.78, 5) is 12.8. The van der Waals surface area contributed by atoms with Crippen molar-refractivity contribution in [1.29, 1.82) is 0 Å². The number of hydrogen-bond donors (Lipinski definition) is 2. The first-order valence-electron chi connectivity index (χ1n) is 6.82. The van der Waals surface area contributed by atoms with Crippen LogP contribution in [0.15, 0.2) is 16.5 Å². The molecular formula is C14H23N3O2. The molecule has 1 aliphatic rings. The largest absolute Gasteiger partial charge is 0.464 e. The molecule has 19 heavy (non-hydrogen) atoms. The van der Waals surface area contributed by atoms with Gasteiger partial charge in [-0.25, -0.2) is 4.79 Å². The van der Waals surface area contributed by atoms with Gasteiger partial charge in [0.05, 0.1) is 6.54 Å². The quantitative estimate of drug-likeness (QED) is 0.771. The molecule has 5 heteroatoms. The molecule has 1 heterocycles. The first-order chi connectivity index (χ1) is 9.08. The Morgan fingerprint density at radius 2 is 2.16 bits per heavy atom. The van der Waals surface area contributed by atoms with Crippen LogP contribution >= 0.6 is 0 Å². The molecule has 0 aromatic carbocycles. The van der Waals surface area contributed by atoms with Gasteiger partial charge in [0, 0.05) is 33.1 Å². The summed E-state index contributed by atoms with van der Waals surface area (Å²) in [6.45, 7) is 4.30. The maximum Gasteiger partial charge on any atom is 0.316 e. The van der Waals surface area contributed by atoms with Crippen LogP contribution in [0.1, 0.15) is 30.8 Å². The molecule has 106 valence electrons. The number of nitrogens with zero attached hydrogens (tertiary/aromatic N) is 1. The fourth-order valence-electron chi connectivity index (χ4n) is 2.03. The van der Waals surface area contributed by atoms with Crippen molar-refractivity contribution in [2.24, 2.45) is 5.92 Å². The van der Waals surface area contributed by atoms with Gasteiger partial charge in [-0.1, -0.05) is 6.92 Å². The number of hydrogen-bond acceptors (Lipinski definition) is 3. The highest BCUT2D eigenvalue weighted by atomic mass is 16.3. The zero-order chi connectivity index (χ0) is 13.8. The predicted octanol–water partition coefficient (Wildman–Crippen LogP) is 1.76. The molecule has 1 fully saturated rings. The van der Waals surface area contributed by atoms with Gasteiger partial charge in [0.1, 0.15) is 11.5 Å². The zero-order valence-electron chi connectivity index (χ0n) is 11.9. The average molecular weight is 265 g/mol. The monoisotopic (exact) mass is 265 g/mol. The lowest BCUT2D eigenvalue weighted by molar-refractivity contribution is 0.217. The van der Waals surface area contributed by atoms with E-state index in [4.69, 9.17) is 4.42 Å². The van der Waals surface area contributed by atoms with E-state index in [2.05, 4.69) is 23.6 Å². The zero-order valence-corrected chi connectivity index (χ0v) is 11.9. The summed E-state index contributed by atoms with van der Waals surface area (Å²) in [5, 5.41) is 6.05. The molecule has 0 radical (unpaired) electrons. The minimum Gasteiger partial charge on any atom is -0.464 e. The van der Waals surface area contributed by atoms with Crippen LogP contribution in [-0.4, -0.2) is 38.1 Å². The summed E-state index contributed by atoms with van der Waals surface area (Å²) in [5.41, 5.74) is 0. The van der Waals surface area contributed by atoms with Crippen molar-refractivity contribution in [3.05, 3.63) is 23.7 Å². The summed E-state index contributed by atoms with van der Waals surface area (Å²) in [6.07, 6.45) is 1.25. The molecule has 1 aromatic rings. The van der Waals surface area contributed by atoms with E-state index in [1.807, 2.05) is 6.07 Å². The van der Waals surface area contributed by atoms with Crippen molar-refractivity contribution < 1.29 is 9.21 Å². The molecule has 5 nitrogen and oxygen atoms in total. The van der Waals surface area contributed by atoms with E-state index in [0.29, 0.717) is 19.0 Å². The van der Waals surface area contributed by atoms with Crippen molar-refractivity contribution in [3.63, 3.8) is 0 Å². The van der Waals surface area contributed by atoms with E-state index in [1.54, 1.807) is 14.1 Å². The summed E-state index contributed by atoms with van der Waals surface area (Å²) in [6, 6.07) is 4.05. The summed E-state index contributed by atoms with van der Waals surface area (Å²) >= 11 is 0. The maximum absolute atomic E-state index is 11.3. The second-order valence-electron chi connectivity index (χ2n) is 5.43. The van der Waals surface area contributed by atoms with Gasteiger partial charge in [0.2, 0.25) is 0 Å². The Morgan fingerprint density at radius 3 is 2.79 bits per heavy atom. The van der Waals surface area contributed by atoms with Gasteiger partial charge in [-0.2, -0.15) is 0 Å². The van der Waals surface area contributed by atoms with Crippen molar-refractivity contribution in [3.8, 4) is 0 Å². The second kappa shape index (κ2) is 6.10. The van der Waals surface area contributed by atoms with E-state index in [0.717, 1.165) is 24.0 Å². The SMILES string of the molecule is CC1CC1c1ccc(CNCCNC(=O)N(C)C)o1. The number of urea groups is 1. The smallest absolute Gasteiger partial charge is 0.316 e. The van der Waals surface area contributed by atoms with Crippen LogP contribution in [-0.2, 0) is 6.54 Å². The standard InChI is InChI=1S/C14H23N3O2/c1-10-8-12(10)13-5-4-11(19-13)9-15-6-7-16-14(18)17(2)3/h4-5,10,12,15H,6-9H2,1-3H3,(H,16,18). The normalized spacial score (nSPS) is 21.2. The Labute approximate surface area is 114 Å². The number of nitrogens with one attached hydrogen (secondary N) is 2. The molecule has 0 saturated heterocycles. The van der Waals surface area contributed by atoms with E-state index in [-0.39, 0.29) is 6.03 Å². The van der Waals surface area contributed by atoms with Crippen LogP contribution in [0.3, 0.4) is 0 Å². The predicted molar refractivity (Wildman–Crippen MR) is 74.0 cm³/mol. The Bertz CT molecular complexity index is 428. The van der Waals surface area contributed by atoms with Crippen molar-refractivity contribution in [2.75, 3.05) is 27.2 Å². The third-order valence-corrected chi connectivity index (χ3v) is 3.44. The van der Waals surface area contributed by atoms with Crippen LogP contribution in [0, 0.1) is 5.92 Å². The van der Waals surface area contributed by atoms with Gasteiger partial charge in [-0.15, -0.1) is 0 Å². The first-order valence-corrected chi connectivity index (χ1v) is 6.82. The average Bonchev–Trinajstić information content (AvgIpc) is 2.91. The third-order valence-electron chi connectivity index (χ3n) is 3.44. The van der Waals surface area contributed by atoms with Crippen LogP contribution in [0.25, 0.3) is 0 Å². The molecule has 1 saturated carbocycles. The lowest BCUT2D eigenvalue weighted by Gasteiger charge is -2.11. The number of amides is 2. The van der Waals surface area contributed by atoms with E-state index in [9.17, 15) is 4.79 Å². The molecule has 2 amide bonds. The number of carbonyl (C=O) groups is 1. The number of furan rings is 1. The van der Waals surface area contributed by atoms with Gasteiger partial charge in [-0.05, 0) is 24.5 Å². The molecule has 1 aliphatic carbocycles. The molecule has 0 spiro atoms. The van der Waals surface area contributed by atoms with Crippen molar-refractivity contribution in [2.45, 2.75) is 25.8 Å². The van der Waals surface area contributed by atoms with Gasteiger partial charge in [-0.3, -0.25) is 0 Å². The Hall–Kier alpha value is -1.49. The molecular weight excluding hydrogens is 242 g/mol. The number of carbonyl (C=O) groups excluding carboxylic acids is 1. The fraction of sp³-hybridized carbons (Fsp3) is 0.643. The molecule has 2 N–H and O–H groups in total. The van der Waals surface area contributed by atoms with Gasteiger partial charge >= 0.3 is 6.03 Å². The molecule has 0 aliphatic heterocycles. The Balaban J connectivity index is 1.61. The highest BCUT2D eigenvalue weighted by Gasteiger charge is 2.36. The highest BCUT2D eigenvalue weighted by molar-refractivity contribution is 5.73. The lowest BCUT2D eigenvalue weighted by atomic mass is 10.3. The van der Waals surface area contributed by atoms with Crippen LogP contribution in [0.5, 0.6) is 0 Å². The topological polar surface area (TPSA) is 57.5 Å². The summed E-state index contributed by atoms with van der Waals surface area (Å²) in [7, 11) is 3.46. The van der Waals surface area contributed by atoms with Gasteiger partial charge in [0.15, 0.2) is 0 Å². The highest BCUT2D eigenvalue weighted by Crippen LogP contribution is 2.47. The van der Waals surface area contributed by atoms with Gasteiger partial charge < -0.3 is 20.0 Å². The Kier molecular flexibility index (Phi) is 4.47. The Morgan fingerprint density at radius 1 is 1.42 bits per heavy atom. The molecule has 0 bridgehead atoms. The maximum atomic E-state index is 11.3. The molecule has 2 atom stereocenters. The van der Waals surface area contributed by atoms with E-state index in [1.165, 1.54) is 11.3 Å². The van der Waals surface area contributed by atoms with Gasteiger partial charge in [0.25, 0.3) is 0 Å². The van der Waals surface area contributed by atoms with E-state index < -0.39 is 0 Å². The molecule has 1 aromatic heterocycles. The molecule has 2 rings (SSSR count). The van der Waals surface area contributed by atoms with Crippen LogP contribution in [0.4, 0.5) is 4.79 Å². The van der Waals surface area contributed by atoms with Crippen molar-refractivity contribution in [1.82, 2.24) is 15.5 Å². The third kappa shape index (κ3) is 3.99. The van der Waals surface area contributed by atoms with Crippen molar-refractivity contribution >= 4 is 6.03 Å². The summed E-state index contributed by atoms with van der Waals surface area (Å²) in [5.74, 6) is 3.49. The number of rotatable bonds is 6. The van der Waals surface area contributed by atoms with Crippen LogP contribution in [0.2, 0.25) is 0 Å². The fourth-order valence-corrected chi connectivity index (χ4v) is 2.03. The summed E-state index contributed by atoms with van der Waals surface area (Å²) < 4.78 is 5.79. The minimum atomic E-state index is -0.0650. The minimum absolute atomic E-state index is 0.0650. The lowest BCUT2D eigenvalue weighted by Crippen LogP contribution is -2.38. The first kappa shape index (κ1) is 13.9. The molecule has 2 unspecified atom stereocenters. The van der Waals surface area contributed by atoms with E-state index >= 15 is 0 Å².